The number of aliphatic carboxylic acids is 1. The number of carbonyl (C=O) groups is 2. The Morgan fingerprint density at radius 2 is 1.96 bits per heavy atom. The molecule has 0 aliphatic carbocycles. The van der Waals surface area contributed by atoms with Crippen molar-refractivity contribution in [2.45, 2.75) is 6.04 Å². The van der Waals surface area contributed by atoms with Gasteiger partial charge >= 0.3 is 5.97 Å². The number of nitrogens with zero attached hydrogens (tertiary/aromatic N) is 1. The van der Waals surface area contributed by atoms with Crippen molar-refractivity contribution < 1.29 is 24.2 Å². The fourth-order valence-electron chi connectivity index (χ4n) is 2.90. The summed E-state index contributed by atoms with van der Waals surface area (Å²) >= 11 is 0. The topological polar surface area (TPSA) is 76.1 Å². The molecule has 130 valence electrons. The molecule has 1 saturated heterocycles. The van der Waals surface area contributed by atoms with Crippen molar-refractivity contribution in [1.29, 1.82) is 0 Å². The van der Waals surface area contributed by atoms with Gasteiger partial charge in [-0.2, -0.15) is 0 Å². The van der Waals surface area contributed by atoms with E-state index in [0.29, 0.717) is 17.9 Å². The number of ether oxygens (including phenoxy) is 2. The zero-order valence-electron chi connectivity index (χ0n) is 13.8. The summed E-state index contributed by atoms with van der Waals surface area (Å²) in [6.45, 7) is 0.586. The Bertz CT molecular complexity index is 775. The van der Waals surface area contributed by atoms with Crippen LogP contribution in [0.5, 0.6) is 5.75 Å². The van der Waals surface area contributed by atoms with Gasteiger partial charge in [-0.1, -0.05) is 30.3 Å². The summed E-state index contributed by atoms with van der Waals surface area (Å²) < 4.78 is 10.6. The first-order chi connectivity index (χ1) is 12.1. The van der Waals surface area contributed by atoms with Gasteiger partial charge in [0, 0.05) is 17.7 Å². The Morgan fingerprint density at radius 3 is 2.64 bits per heavy atom. The van der Waals surface area contributed by atoms with Gasteiger partial charge in [0.05, 0.1) is 20.3 Å². The molecule has 0 saturated carbocycles. The minimum absolute atomic E-state index is 0.00275. The second kappa shape index (κ2) is 7.36. The number of hydrogen-bond acceptors (Lipinski definition) is 4. The van der Waals surface area contributed by atoms with Crippen LogP contribution < -0.4 is 4.74 Å². The number of hydrogen-bond donors (Lipinski definition) is 1. The fourth-order valence-corrected chi connectivity index (χ4v) is 2.90. The molecule has 6 heteroatoms. The van der Waals surface area contributed by atoms with Crippen LogP contribution >= 0.6 is 0 Å². The van der Waals surface area contributed by atoms with Gasteiger partial charge in [-0.25, -0.2) is 4.79 Å². The minimum atomic E-state index is -1.06. The first kappa shape index (κ1) is 17.0. The average Bonchev–Trinajstić information content (AvgIpc) is 2.67. The predicted octanol–water partition coefficient (Wildman–Crippen LogP) is 2.29. The summed E-state index contributed by atoms with van der Waals surface area (Å²) in [6.07, 6.45) is 0. The smallest absolute Gasteiger partial charge is 0.328 e. The van der Waals surface area contributed by atoms with Crippen molar-refractivity contribution in [3.8, 4) is 16.9 Å². The van der Waals surface area contributed by atoms with Crippen LogP contribution in [0.25, 0.3) is 11.1 Å². The van der Waals surface area contributed by atoms with E-state index in [0.717, 1.165) is 11.1 Å². The van der Waals surface area contributed by atoms with E-state index in [1.54, 1.807) is 25.3 Å². The summed E-state index contributed by atoms with van der Waals surface area (Å²) in [7, 11) is 1.58. The number of methoxy groups -OCH3 is 1. The standard InChI is InChI=1S/C19H19NO5/c1-24-17-8-7-14(11-15(17)13-5-3-2-4-6-13)18(21)20-9-10-25-12-16(20)19(22)23/h2-8,11,16H,9-10,12H2,1H3,(H,22,23)/t16-/m0/s1. The second-order valence-electron chi connectivity index (χ2n) is 5.71. The average molecular weight is 341 g/mol. The van der Waals surface area contributed by atoms with Crippen molar-refractivity contribution in [1.82, 2.24) is 4.90 Å². The van der Waals surface area contributed by atoms with Crippen LogP contribution in [0, 0.1) is 0 Å². The highest BCUT2D eigenvalue weighted by Crippen LogP contribution is 2.31. The zero-order valence-corrected chi connectivity index (χ0v) is 13.8. The Labute approximate surface area is 145 Å². The zero-order chi connectivity index (χ0) is 17.8. The van der Waals surface area contributed by atoms with Gasteiger partial charge in [0.1, 0.15) is 5.75 Å². The van der Waals surface area contributed by atoms with Crippen molar-refractivity contribution in [2.75, 3.05) is 26.9 Å². The molecule has 0 radical (unpaired) electrons. The Kier molecular flexibility index (Phi) is 5.00. The number of amides is 1. The van der Waals surface area contributed by atoms with Gasteiger partial charge in [0.2, 0.25) is 0 Å². The van der Waals surface area contributed by atoms with E-state index >= 15 is 0 Å². The molecule has 1 aliphatic rings. The highest BCUT2D eigenvalue weighted by atomic mass is 16.5. The second-order valence-corrected chi connectivity index (χ2v) is 5.71. The summed E-state index contributed by atoms with van der Waals surface area (Å²) in [4.78, 5) is 25.6. The maximum Gasteiger partial charge on any atom is 0.328 e. The minimum Gasteiger partial charge on any atom is -0.496 e. The molecule has 2 aromatic rings. The lowest BCUT2D eigenvalue weighted by Gasteiger charge is -2.33. The molecule has 25 heavy (non-hydrogen) atoms. The van der Waals surface area contributed by atoms with Gasteiger partial charge < -0.3 is 19.5 Å². The Balaban J connectivity index is 1.97. The van der Waals surface area contributed by atoms with E-state index in [9.17, 15) is 14.7 Å². The van der Waals surface area contributed by atoms with Crippen LogP contribution in [0.4, 0.5) is 0 Å². The maximum atomic E-state index is 12.9. The van der Waals surface area contributed by atoms with Crippen LogP contribution in [0.15, 0.2) is 48.5 Å². The highest BCUT2D eigenvalue weighted by molar-refractivity contribution is 5.98. The van der Waals surface area contributed by atoms with Crippen molar-refractivity contribution >= 4 is 11.9 Å². The quantitative estimate of drug-likeness (QED) is 0.923. The van der Waals surface area contributed by atoms with Gasteiger partial charge in [-0.05, 0) is 23.8 Å². The van der Waals surface area contributed by atoms with Gasteiger partial charge in [0.25, 0.3) is 5.91 Å². The lowest BCUT2D eigenvalue weighted by Crippen LogP contribution is -2.52. The molecule has 1 atom stereocenters. The number of benzene rings is 2. The van der Waals surface area contributed by atoms with Gasteiger partial charge in [0.15, 0.2) is 6.04 Å². The first-order valence-electron chi connectivity index (χ1n) is 7.97. The van der Waals surface area contributed by atoms with E-state index in [4.69, 9.17) is 9.47 Å². The number of carboxylic acid groups (broad SMARTS) is 1. The molecule has 1 amide bonds. The lowest BCUT2D eigenvalue weighted by molar-refractivity contribution is -0.147. The molecule has 1 aliphatic heterocycles. The molecule has 3 rings (SSSR count). The van der Waals surface area contributed by atoms with E-state index in [1.165, 1.54) is 4.90 Å². The molecular formula is C19H19NO5. The largest absolute Gasteiger partial charge is 0.496 e. The third-order valence-electron chi connectivity index (χ3n) is 4.21. The summed E-state index contributed by atoms with van der Waals surface area (Å²) in [5.74, 6) is -0.736. The molecule has 1 heterocycles. The number of rotatable bonds is 4. The molecule has 1 fully saturated rings. The predicted molar refractivity (Wildman–Crippen MR) is 91.7 cm³/mol. The third-order valence-corrected chi connectivity index (χ3v) is 4.21. The van der Waals surface area contributed by atoms with Crippen molar-refractivity contribution in [3.05, 3.63) is 54.1 Å². The van der Waals surface area contributed by atoms with E-state index in [2.05, 4.69) is 0 Å². The first-order valence-corrected chi connectivity index (χ1v) is 7.97. The van der Waals surface area contributed by atoms with Gasteiger partial charge in [-0.15, -0.1) is 0 Å². The number of carboxylic acids is 1. The molecular weight excluding hydrogens is 322 g/mol. The normalized spacial score (nSPS) is 17.2. The molecule has 0 aromatic heterocycles. The highest BCUT2D eigenvalue weighted by Gasteiger charge is 2.33. The molecule has 0 bridgehead atoms. The SMILES string of the molecule is COc1ccc(C(=O)N2CCOC[C@H]2C(=O)O)cc1-c1ccccc1. The Morgan fingerprint density at radius 1 is 1.20 bits per heavy atom. The van der Waals surface area contributed by atoms with Crippen LogP contribution in [-0.2, 0) is 9.53 Å². The molecule has 6 nitrogen and oxygen atoms in total. The monoisotopic (exact) mass is 341 g/mol. The Hall–Kier alpha value is -2.86. The number of carbonyl (C=O) groups excluding carboxylic acids is 1. The van der Waals surface area contributed by atoms with E-state index < -0.39 is 12.0 Å². The van der Waals surface area contributed by atoms with Gasteiger partial charge in [-0.3, -0.25) is 4.79 Å². The third kappa shape index (κ3) is 3.49. The van der Waals surface area contributed by atoms with Crippen LogP contribution in [-0.4, -0.2) is 54.8 Å². The molecule has 1 N–H and O–H groups in total. The van der Waals surface area contributed by atoms with Crippen LogP contribution in [0.3, 0.4) is 0 Å². The van der Waals surface area contributed by atoms with Crippen LogP contribution in [0.1, 0.15) is 10.4 Å². The molecule has 0 unspecified atom stereocenters. The van der Waals surface area contributed by atoms with E-state index in [1.807, 2.05) is 30.3 Å². The molecule has 0 spiro atoms. The fraction of sp³-hybridized carbons (Fsp3) is 0.263. The van der Waals surface area contributed by atoms with E-state index in [-0.39, 0.29) is 19.1 Å². The molecule has 2 aromatic carbocycles. The van der Waals surface area contributed by atoms with Crippen molar-refractivity contribution in [3.63, 3.8) is 0 Å². The summed E-state index contributed by atoms with van der Waals surface area (Å²) in [5.41, 5.74) is 2.13. The lowest BCUT2D eigenvalue weighted by atomic mass is 10.0. The summed E-state index contributed by atoms with van der Waals surface area (Å²) in [6, 6.07) is 13.7. The van der Waals surface area contributed by atoms with Crippen LogP contribution in [0.2, 0.25) is 0 Å². The summed E-state index contributed by atoms with van der Waals surface area (Å²) in [5, 5.41) is 9.33. The maximum absolute atomic E-state index is 12.9. The van der Waals surface area contributed by atoms with Crippen molar-refractivity contribution in [2.24, 2.45) is 0 Å². The number of morpholine rings is 1.